The molecule has 1 atom stereocenters. The highest BCUT2D eigenvalue weighted by atomic mass is 16.5. The molecule has 0 aliphatic carbocycles. The summed E-state index contributed by atoms with van der Waals surface area (Å²) in [4.78, 5) is 16.3. The number of aliphatic hydroxyl groups is 1. The van der Waals surface area contributed by atoms with Crippen molar-refractivity contribution in [3.63, 3.8) is 0 Å². The Labute approximate surface area is 136 Å². The minimum Gasteiger partial charge on any atom is -0.477 e. The number of para-hydroxylation sites is 1. The van der Waals surface area contributed by atoms with Gasteiger partial charge < -0.3 is 15.2 Å². The van der Waals surface area contributed by atoms with E-state index in [1.807, 2.05) is 37.3 Å². The quantitative estimate of drug-likeness (QED) is 0.770. The van der Waals surface area contributed by atoms with Crippen LogP contribution in [0, 0.1) is 0 Å². The molecule has 0 aliphatic heterocycles. The zero-order valence-electron chi connectivity index (χ0n) is 13.5. The number of nitrogens with zero attached hydrogens (tertiary/aromatic N) is 1. The number of aromatic nitrogens is 1. The van der Waals surface area contributed by atoms with Gasteiger partial charge in [0.15, 0.2) is 0 Å². The Balaban J connectivity index is 2.24. The van der Waals surface area contributed by atoms with Crippen LogP contribution in [-0.2, 0) is 4.79 Å². The number of carbonyl (C=O) groups is 1. The van der Waals surface area contributed by atoms with Crippen LogP contribution in [0.1, 0.15) is 25.8 Å². The fourth-order valence-electron chi connectivity index (χ4n) is 2.02. The van der Waals surface area contributed by atoms with Gasteiger partial charge in [-0.15, -0.1) is 0 Å². The van der Waals surface area contributed by atoms with Gasteiger partial charge in [-0.1, -0.05) is 25.1 Å². The van der Waals surface area contributed by atoms with Gasteiger partial charge in [-0.2, -0.15) is 0 Å². The maximum absolute atomic E-state index is 11.7. The van der Waals surface area contributed by atoms with Crippen LogP contribution in [0.3, 0.4) is 0 Å². The van der Waals surface area contributed by atoms with E-state index < -0.39 is 6.10 Å². The van der Waals surface area contributed by atoms with Crippen LogP contribution in [0.15, 0.2) is 36.4 Å². The Bertz CT molecular complexity index is 696. The molecule has 5 heteroatoms. The van der Waals surface area contributed by atoms with E-state index in [0.717, 1.165) is 22.9 Å². The van der Waals surface area contributed by atoms with Gasteiger partial charge in [0, 0.05) is 23.6 Å². The number of carbonyl (C=O) groups excluding carboxylic acids is 1. The van der Waals surface area contributed by atoms with E-state index in [4.69, 9.17) is 4.74 Å². The van der Waals surface area contributed by atoms with Crippen molar-refractivity contribution >= 4 is 22.9 Å². The average Bonchev–Trinajstić information content (AvgIpc) is 2.55. The molecule has 122 valence electrons. The molecule has 1 amide bonds. The molecule has 2 aromatic rings. The number of ether oxygens (including phenoxy) is 1. The van der Waals surface area contributed by atoms with Crippen LogP contribution in [-0.4, -0.2) is 35.3 Å². The van der Waals surface area contributed by atoms with Crippen molar-refractivity contribution in [2.24, 2.45) is 0 Å². The maximum Gasteiger partial charge on any atom is 0.244 e. The molecule has 0 bridgehead atoms. The fraction of sp³-hybridized carbons (Fsp3) is 0.333. The highest BCUT2D eigenvalue weighted by Gasteiger charge is 2.07. The largest absolute Gasteiger partial charge is 0.477 e. The molecule has 0 fully saturated rings. The maximum atomic E-state index is 11.7. The molecule has 1 unspecified atom stereocenters. The second kappa shape index (κ2) is 8.29. The molecule has 1 aromatic carbocycles. The van der Waals surface area contributed by atoms with Gasteiger partial charge in [0.1, 0.15) is 0 Å². The van der Waals surface area contributed by atoms with Crippen LogP contribution < -0.4 is 10.1 Å². The number of benzene rings is 1. The second-order valence-corrected chi connectivity index (χ2v) is 5.35. The first kappa shape index (κ1) is 17.0. The lowest BCUT2D eigenvalue weighted by Crippen LogP contribution is -2.28. The monoisotopic (exact) mass is 314 g/mol. The zero-order valence-corrected chi connectivity index (χ0v) is 13.5. The van der Waals surface area contributed by atoms with Gasteiger partial charge in [-0.3, -0.25) is 4.79 Å². The minimum absolute atomic E-state index is 0.221. The second-order valence-electron chi connectivity index (χ2n) is 5.35. The first-order valence-corrected chi connectivity index (χ1v) is 7.76. The van der Waals surface area contributed by atoms with Crippen molar-refractivity contribution < 1.29 is 14.6 Å². The molecule has 0 saturated heterocycles. The lowest BCUT2D eigenvalue weighted by molar-refractivity contribution is -0.116. The summed E-state index contributed by atoms with van der Waals surface area (Å²) in [6.07, 6.45) is 3.42. The van der Waals surface area contributed by atoms with E-state index in [1.54, 1.807) is 13.0 Å². The zero-order chi connectivity index (χ0) is 16.7. The first-order valence-electron chi connectivity index (χ1n) is 7.76. The summed E-state index contributed by atoms with van der Waals surface area (Å²) in [5, 5.41) is 12.8. The number of rotatable bonds is 7. The molecule has 1 heterocycles. The summed E-state index contributed by atoms with van der Waals surface area (Å²) in [5.74, 6) is 0.255. The topological polar surface area (TPSA) is 71.5 Å². The fourth-order valence-corrected chi connectivity index (χ4v) is 2.02. The van der Waals surface area contributed by atoms with E-state index in [2.05, 4.69) is 10.3 Å². The van der Waals surface area contributed by atoms with E-state index in [-0.39, 0.29) is 12.5 Å². The molecular formula is C18H22N2O3. The number of hydrogen-bond acceptors (Lipinski definition) is 4. The predicted octanol–water partition coefficient (Wildman–Crippen LogP) is 2.53. The molecule has 23 heavy (non-hydrogen) atoms. The van der Waals surface area contributed by atoms with Crippen LogP contribution in [0.5, 0.6) is 5.88 Å². The third-order valence-corrected chi connectivity index (χ3v) is 3.15. The van der Waals surface area contributed by atoms with Crippen molar-refractivity contribution in [2.45, 2.75) is 26.4 Å². The summed E-state index contributed by atoms with van der Waals surface area (Å²) in [7, 11) is 0. The molecule has 0 radical (unpaired) electrons. The summed E-state index contributed by atoms with van der Waals surface area (Å²) in [5.41, 5.74) is 1.61. The van der Waals surface area contributed by atoms with Crippen LogP contribution in [0.2, 0.25) is 0 Å². The summed E-state index contributed by atoms with van der Waals surface area (Å²) in [6.45, 7) is 4.44. The molecule has 0 spiro atoms. The van der Waals surface area contributed by atoms with Crippen molar-refractivity contribution in [1.29, 1.82) is 0 Å². The van der Waals surface area contributed by atoms with Crippen LogP contribution in [0.25, 0.3) is 17.0 Å². The van der Waals surface area contributed by atoms with Gasteiger partial charge in [-0.05, 0) is 31.6 Å². The highest BCUT2D eigenvalue weighted by molar-refractivity contribution is 5.93. The number of amides is 1. The lowest BCUT2D eigenvalue weighted by Gasteiger charge is -2.09. The van der Waals surface area contributed by atoms with E-state index in [9.17, 15) is 9.90 Å². The number of pyridine rings is 1. The Morgan fingerprint density at radius 2 is 2.22 bits per heavy atom. The predicted molar refractivity (Wildman–Crippen MR) is 91.3 cm³/mol. The van der Waals surface area contributed by atoms with Gasteiger partial charge in [0.2, 0.25) is 11.8 Å². The first-order chi connectivity index (χ1) is 11.1. The summed E-state index contributed by atoms with van der Waals surface area (Å²) in [6, 6.07) is 9.72. The van der Waals surface area contributed by atoms with Crippen LogP contribution in [0.4, 0.5) is 0 Å². The number of fused-ring (bicyclic) bond motifs is 1. The Hall–Kier alpha value is -2.40. The Morgan fingerprint density at radius 1 is 1.43 bits per heavy atom. The van der Waals surface area contributed by atoms with E-state index in [1.165, 1.54) is 6.08 Å². The number of hydrogen-bond donors (Lipinski definition) is 2. The van der Waals surface area contributed by atoms with Gasteiger partial charge >= 0.3 is 0 Å². The third kappa shape index (κ3) is 5.07. The van der Waals surface area contributed by atoms with Gasteiger partial charge in [-0.25, -0.2) is 4.98 Å². The normalized spacial score (nSPS) is 12.5. The highest BCUT2D eigenvalue weighted by Crippen LogP contribution is 2.23. The lowest BCUT2D eigenvalue weighted by atomic mass is 10.1. The molecule has 0 aliphatic rings. The molecule has 0 saturated carbocycles. The van der Waals surface area contributed by atoms with Crippen molar-refractivity contribution in [3.05, 3.63) is 42.0 Å². The molecular weight excluding hydrogens is 292 g/mol. The molecule has 5 nitrogen and oxygen atoms in total. The average molecular weight is 314 g/mol. The molecule has 2 rings (SSSR count). The van der Waals surface area contributed by atoms with Gasteiger partial charge in [0.05, 0.1) is 18.2 Å². The Kier molecular flexibility index (Phi) is 6.11. The van der Waals surface area contributed by atoms with E-state index >= 15 is 0 Å². The Morgan fingerprint density at radius 3 is 2.96 bits per heavy atom. The van der Waals surface area contributed by atoms with Crippen molar-refractivity contribution in [3.8, 4) is 5.88 Å². The van der Waals surface area contributed by atoms with E-state index in [0.29, 0.717) is 12.5 Å². The number of aliphatic hydroxyl groups excluding tert-OH is 1. The number of nitrogens with one attached hydrogen (secondary N) is 1. The minimum atomic E-state index is -0.571. The molecule has 1 aromatic heterocycles. The third-order valence-electron chi connectivity index (χ3n) is 3.15. The van der Waals surface area contributed by atoms with Crippen molar-refractivity contribution in [1.82, 2.24) is 10.3 Å². The summed E-state index contributed by atoms with van der Waals surface area (Å²) >= 11 is 0. The summed E-state index contributed by atoms with van der Waals surface area (Å²) < 4.78 is 5.69. The van der Waals surface area contributed by atoms with Crippen molar-refractivity contribution in [2.75, 3.05) is 13.2 Å². The standard InChI is InChI=1S/C18H22N2O3/c1-3-10-23-18-15(8-9-17(22)19-12-13(2)21)11-14-6-4-5-7-16(14)20-18/h4-9,11,13,21H,3,10,12H2,1-2H3,(H,19,22)/b9-8+. The smallest absolute Gasteiger partial charge is 0.244 e. The van der Waals surface area contributed by atoms with Gasteiger partial charge in [0.25, 0.3) is 0 Å². The SMILES string of the molecule is CCCOc1nc2ccccc2cc1/C=C/C(=O)NCC(C)O. The van der Waals surface area contributed by atoms with Crippen LogP contribution >= 0.6 is 0 Å². The molecule has 2 N–H and O–H groups in total.